The van der Waals surface area contributed by atoms with Crippen LogP contribution in [0, 0.1) is 0 Å². The molecule has 1 amide bonds. The van der Waals surface area contributed by atoms with Crippen molar-refractivity contribution in [3.05, 3.63) is 60.8 Å². The van der Waals surface area contributed by atoms with Crippen LogP contribution in [0.25, 0.3) is 0 Å². The van der Waals surface area contributed by atoms with E-state index in [9.17, 15) is 45.6 Å². The summed E-state index contributed by atoms with van der Waals surface area (Å²) >= 11 is 0. The van der Waals surface area contributed by atoms with Gasteiger partial charge in [0.2, 0.25) is 5.91 Å². The Bertz CT molecular complexity index is 1980. The molecule has 0 spiro atoms. The molecule has 2 aliphatic heterocycles. The lowest BCUT2D eigenvalue weighted by atomic mass is 9.97. The number of rotatable bonds is 76. The third kappa shape index (κ3) is 55.1. The standard InChI is InChI=1S/C90H167NO13/c1-3-5-7-9-11-13-15-17-19-21-23-25-27-29-31-33-34-35-36-37-38-39-40-41-42-43-44-46-48-50-52-54-56-58-60-62-64-66-68-70-72-74-82(95)91-78(77-101-89-87(100)85(98)88(81(76-93)103-89)104-90-86(99)84(97)83(96)80(75-92)102-90)79(94)73-71-69-67-65-63-61-59-57-55-53-51-49-47-45-32-30-28-26-24-22-20-18-16-14-12-10-8-6-4-2/h5,7,11,13,17,19,23,25,29,31,78-81,83-90,92-94,96-100H,3-4,6,8-10,12,14-16,18,20-22,24,26-28,30,32-77H2,1-2H3,(H,91,95)/b7-5-,13-11-,19-17-,25-23-,31-29-. The first-order valence-corrected chi connectivity index (χ1v) is 44.5. The van der Waals surface area contributed by atoms with Gasteiger partial charge < -0.3 is 65.1 Å². The highest BCUT2D eigenvalue weighted by Gasteiger charge is 2.51. The number of hydrogen-bond acceptors (Lipinski definition) is 13. The lowest BCUT2D eigenvalue weighted by molar-refractivity contribution is -0.359. The normalized spacial score (nSPS) is 21.7. The van der Waals surface area contributed by atoms with Crippen molar-refractivity contribution >= 4 is 5.91 Å². The van der Waals surface area contributed by atoms with Gasteiger partial charge in [-0.2, -0.15) is 0 Å². The van der Waals surface area contributed by atoms with Gasteiger partial charge in [-0.25, -0.2) is 0 Å². The fourth-order valence-electron chi connectivity index (χ4n) is 14.8. The average Bonchev–Trinajstić information content (AvgIpc) is 0.789. The van der Waals surface area contributed by atoms with Crippen molar-refractivity contribution < 1.29 is 64.6 Å². The lowest BCUT2D eigenvalue weighted by Crippen LogP contribution is -2.65. The highest BCUT2D eigenvalue weighted by atomic mass is 16.7. The van der Waals surface area contributed by atoms with Crippen LogP contribution < -0.4 is 5.32 Å². The zero-order valence-electron chi connectivity index (χ0n) is 67.3. The fourth-order valence-corrected chi connectivity index (χ4v) is 14.8. The van der Waals surface area contributed by atoms with Crippen molar-refractivity contribution in [1.29, 1.82) is 0 Å². The van der Waals surface area contributed by atoms with Crippen LogP contribution in [-0.2, 0) is 23.7 Å². The van der Waals surface area contributed by atoms with Crippen molar-refractivity contribution in [1.82, 2.24) is 5.32 Å². The Kier molecular flexibility index (Phi) is 69.1. The molecular formula is C90H167NO13. The van der Waals surface area contributed by atoms with Gasteiger partial charge in [-0.15, -0.1) is 0 Å². The van der Waals surface area contributed by atoms with Crippen molar-refractivity contribution in [2.75, 3.05) is 19.8 Å². The SMILES string of the molecule is CC/C=C\C/C=C\C/C=C\C/C=C\C/C=C\CCCCCCCCCCCCCCCCCCCCCCCCCCCC(=O)NC(COC1OC(CO)C(OC2OC(CO)C(O)C(O)C2O)C(O)C1O)C(O)CCCCCCCCCCCCCCCCCCCCCCCCCCCCCCC. The minimum absolute atomic E-state index is 0.197. The first-order valence-electron chi connectivity index (χ1n) is 44.5. The Morgan fingerprint density at radius 1 is 0.356 bits per heavy atom. The van der Waals surface area contributed by atoms with Gasteiger partial charge in [0.1, 0.15) is 48.8 Å². The minimum atomic E-state index is -1.78. The Morgan fingerprint density at radius 2 is 0.663 bits per heavy atom. The zero-order valence-corrected chi connectivity index (χ0v) is 67.3. The fraction of sp³-hybridized carbons (Fsp3) is 0.878. The summed E-state index contributed by atoms with van der Waals surface area (Å²) in [5.41, 5.74) is 0. The van der Waals surface area contributed by atoms with Crippen LogP contribution in [-0.4, -0.2) is 140 Å². The monoisotopic (exact) mass is 1470 g/mol. The summed E-state index contributed by atoms with van der Waals surface area (Å²) in [6, 6.07) is -0.830. The van der Waals surface area contributed by atoms with Crippen LogP contribution in [0.1, 0.15) is 412 Å². The molecule has 2 saturated heterocycles. The van der Waals surface area contributed by atoms with E-state index in [1.165, 1.54) is 302 Å². The summed E-state index contributed by atoms with van der Waals surface area (Å²) in [6.07, 6.45) is 84.4. The van der Waals surface area contributed by atoms with Crippen molar-refractivity contribution in [2.24, 2.45) is 0 Å². The molecule has 0 saturated carbocycles. The Labute approximate surface area is 638 Å². The van der Waals surface area contributed by atoms with Gasteiger partial charge in [-0.05, 0) is 57.8 Å². The second-order valence-corrected chi connectivity index (χ2v) is 31.4. The van der Waals surface area contributed by atoms with E-state index >= 15 is 0 Å². The van der Waals surface area contributed by atoms with E-state index < -0.39 is 86.8 Å². The summed E-state index contributed by atoms with van der Waals surface area (Å²) in [4.78, 5) is 13.4. The summed E-state index contributed by atoms with van der Waals surface area (Å²) in [5.74, 6) is -0.197. The summed E-state index contributed by atoms with van der Waals surface area (Å²) < 4.78 is 23.0. The molecular weight excluding hydrogens is 1300 g/mol. The largest absolute Gasteiger partial charge is 0.394 e. The number of amides is 1. The molecule has 0 aliphatic carbocycles. The molecule has 610 valence electrons. The number of unbranched alkanes of at least 4 members (excludes halogenated alkanes) is 53. The molecule has 104 heavy (non-hydrogen) atoms. The summed E-state index contributed by atoms with van der Waals surface area (Å²) in [6.45, 7) is 2.82. The van der Waals surface area contributed by atoms with Crippen LogP contribution in [0.5, 0.6) is 0 Å². The van der Waals surface area contributed by atoms with Crippen LogP contribution in [0.3, 0.4) is 0 Å². The van der Waals surface area contributed by atoms with Crippen LogP contribution in [0.2, 0.25) is 0 Å². The minimum Gasteiger partial charge on any atom is -0.394 e. The third-order valence-electron chi connectivity index (χ3n) is 21.7. The molecule has 2 aliphatic rings. The molecule has 0 bridgehead atoms. The molecule has 14 heteroatoms. The molecule has 2 heterocycles. The van der Waals surface area contributed by atoms with E-state index in [0.29, 0.717) is 12.8 Å². The van der Waals surface area contributed by atoms with Gasteiger partial charge in [0.25, 0.3) is 0 Å². The highest BCUT2D eigenvalue weighted by Crippen LogP contribution is 2.31. The average molecular weight is 1470 g/mol. The number of aliphatic hydroxyl groups is 8. The number of allylic oxidation sites excluding steroid dienone is 10. The Hall–Kier alpha value is -2.31. The predicted octanol–water partition coefficient (Wildman–Crippen LogP) is 21.5. The molecule has 2 rings (SSSR count). The number of ether oxygens (including phenoxy) is 4. The van der Waals surface area contributed by atoms with Gasteiger partial charge >= 0.3 is 0 Å². The maximum absolute atomic E-state index is 13.4. The topological polar surface area (TPSA) is 228 Å². The van der Waals surface area contributed by atoms with Crippen LogP contribution >= 0.6 is 0 Å². The molecule has 0 aromatic heterocycles. The first kappa shape index (κ1) is 97.8. The molecule has 9 N–H and O–H groups in total. The van der Waals surface area contributed by atoms with Gasteiger partial charge in [-0.1, -0.05) is 408 Å². The second kappa shape index (κ2) is 73.5. The number of carbonyl (C=O) groups is 1. The molecule has 0 radical (unpaired) electrons. The number of aliphatic hydroxyl groups excluding tert-OH is 8. The molecule has 12 unspecified atom stereocenters. The van der Waals surface area contributed by atoms with E-state index in [4.69, 9.17) is 18.9 Å². The van der Waals surface area contributed by atoms with Crippen molar-refractivity contribution in [2.45, 2.75) is 485 Å². The highest BCUT2D eigenvalue weighted by molar-refractivity contribution is 5.76. The van der Waals surface area contributed by atoms with E-state index in [0.717, 1.165) is 83.5 Å². The van der Waals surface area contributed by atoms with Gasteiger partial charge in [-0.3, -0.25) is 4.79 Å². The summed E-state index contributed by atoms with van der Waals surface area (Å²) in [7, 11) is 0. The molecule has 12 atom stereocenters. The van der Waals surface area contributed by atoms with Crippen molar-refractivity contribution in [3.63, 3.8) is 0 Å². The van der Waals surface area contributed by atoms with E-state index in [-0.39, 0.29) is 12.5 Å². The maximum atomic E-state index is 13.4. The molecule has 0 aromatic carbocycles. The smallest absolute Gasteiger partial charge is 0.220 e. The predicted molar refractivity (Wildman–Crippen MR) is 434 cm³/mol. The number of nitrogens with one attached hydrogen (secondary N) is 1. The molecule has 14 nitrogen and oxygen atoms in total. The molecule has 2 fully saturated rings. The summed E-state index contributed by atoms with van der Waals surface area (Å²) in [5, 5.41) is 88.0. The van der Waals surface area contributed by atoms with Gasteiger partial charge in [0.05, 0.1) is 32.0 Å². The first-order chi connectivity index (χ1) is 51.1. The van der Waals surface area contributed by atoms with Gasteiger partial charge in [0.15, 0.2) is 12.6 Å². The van der Waals surface area contributed by atoms with E-state index in [2.05, 4.69) is 79.9 Å². The second-order valence-electron chi connectivity index (χ2n) is 31.4. The molecule has 0 aromatic rings. The lowest BCUT2D eigenvalue weighted by Gasteiger charge is -2.46. The van der Waals surface area contributed by atoms with Crippen LogP contribution in [0.15, 0.2) is 60.8 Å². The number of carbonyl (C=O) groups excluding carboxylic acids is 1. The van der Waals surface area contributed by atoms with Crippen molar-refractivity contribution in [3.8, 4) is 0 Å². The number of hydrogen-bond donors (Lipinski definition) is 9. The van der Waals surface area contributed by atoms with Gasteiger partial charge in [0, 0.05) is 6.42 Å². The maximum Gasteiger partial charge on any atom is 0.220 e. The zero-order chi connectivity index (χ0) is 75.1. The van der Waals surface area contributed by atoms with E-state index in [1.807, 2.05) is 0 Å². The van der Waals surface area contributed by atoms with E-state index in [1.54, 1.807) is 0 Å². The quantitative estimate of drug-likeness (QED) is 0.0204. The van der Waals surface area contributed by atoms with Crippen LogP contribution in [0.4, 0.5) is 0 Å². The Morgan fingerprint density at radius 3 is 1.02 bits per heavy atom. The third-order valence-corrected chi connectivity index (χ3v) is 21.7. The Balaban J connectivity index is 1.54.